The zero-order chi connectivity index (χ0) is 15.4. The predicted molar refractivity (Wildman–Crippen MR) is 89.2 cm³/mol. The molecule has 2 nitrogen and oxygen atoms in total. The van der Waals surface area contributed by atoms with Gasteiger partial charge in [0.1, 0.15) is 5.75 Å². The fourth-order valence-corrected chi connectivity index (χ4v) is 2.87. The van der Waals surface area contributed by atoms with E-state index in [4.69, 9.17) is 4.74 Å². The Morgan fingerprint density at radius 1 is 1.00 bits per heavy atom. The first-order chi connectivity index (χ1) is 10.0. The minimum atomic E-state index is 0.293. The van der Waals surface area contributed by atoms with E-state index < -0.39 is 0 Å². The summed E-state index contributed by atoms with van der Waals surface area (Å²) in [5, 5.41) is 3.44. The van der Waals surface area contributed by atoms with Crippen molar-refractivity contribution in [2.45, 2.75) is 33.2 Å². The van der Waals surface area contributed by atoms with Gasteiger partial charge in [-0.2, -0.15) is 0 Å². The third kappa shape index (κ3) is 3.64. The third-order valence-corrected chi connectivity index (χ3v) is 4.01. The van der Waals surface area contributed by atoms with Crippen molar-refractivity contribution in [1.82, 2.24) is 5.32 Å². The lowest BCUT2D eigenvalue weighted by Gasteiger charge is -2.21. The number of likely N-dealkylation sites (N-methyl/N-ethyl adjacent to an activating group) is 1. The van der Waals surface area contributed by atoms with Crippen molar-refractivity contribution in [3.8, 4) is 5.75 Å². The van der Waals surface area contributed by atoms with E-state index in [0.29, 0.717) is 6.04 Å². The van der Waals surface area contributed by atoms with Crippen molar-refractivity contribution in [2.24, 2.45) is 0 Å². The lowest BCUT2D eigenvalue weighted by Crippen LogP contribution is -2.20. The summed E-state index contributed by atoms with van der Waals surface area (Å²) in [6, 6.07) is 13.3. The Bertz CT molecular complexity index is 619. The summed E-state index contributed by atoms with van der Waals surface area (Å²) in [5.74, 6) is 0.964. The van der Waals surface area contributed by atoms with Gasteiger partial charge in [-0.25, -0.2) is 0 Å². The molecule has 0 saturated heterocycles. The molecule has 0 heterocycles. The van der Waals surface area contributed by atoms with Gasteiger partial charge in [-0.05, 0) is 57.0 Å². The Morgan fingerprint density at radius 3 is 2.29 bits per heavy atom. The standard InChI is InChI=1S/C19H25NO/c1-13-6-8-17(15(3)10-13)18(20-4)12-16-11-14(2)7-9-19(16)21-5/h6-11,18,20H,12H2,1-5H3. The van der Waals surface area contributed by atoms with E-state index in [2.05, 4.69) is 62.5 Å². The molecule has 2 rings (SSSR count). The molecule has 0 aliphatic carbocycles. The lowest BCUT2D eigenvalue weighted by molar-refractivity contribution is 0.406. The van der Waals surface area contributed by atoms with Crippen LogP contribution in [0.2, 0.25) is 0 Å². The van der Waals surface area contributed by atoms with Crippen molar-refractivity contribution >= 4 is 0 Å². The molecule has 0 saturated carbocycles. The first-order valence-electron chi connectivity index (χ1n) is 7.43. The molecule has 1 unspecified atom stereocenters. The van der Waals surface area contributed by atoms with Crippen LogP contribution in [0.5, 0.6) is 5.75 Å². The monoisotopic (exact) mass is 283 g/mol. The van der Waals surface area contributed by atoms with Crippen LogP contribution in [0.15, 0.2) is 36.4 Å². The molecule has 2 aromatic rings. The second kappa shape index (κ2) is 6.77. The Morgan fingerprint density at radius 2 is 1.67 bits per heavy atom. The second-order valence-electron chi connectivity index (χ2n) is 5.72. The molecule has 0 aromatic heterocycles. The molecule has 21 heavy (non-hydrogen) atoms. The Balaban J connectivity index is 2.33. The summed E-state index contributed by atoms with van der Waals surface area (Å²) in [6.45, 7) is 6.43. The van der Waals surface area contributed by atoms with Crippen LogP contribution in [0.4, 0.5) is 0 Å². The van der Waals surface area contributed by atoms with Gasteiger partial charge in [0.15, 0.2) is 0 Å². The van der Waals surface area contributed by atoms with Crippen molar-refractivity contribution in [1.29, 1.82) is 0 Å². The zero-order valence-electron chi connectivity index (χ0n) is 13.7. The van der Waals surface area contributed by atoms with Crippen LogP contribution in [0.1, 0.15) is 33.9 Å². The van der Waals surface area contributed by atoms with E-state index in [1.807, 2.05) is 7.05 Å². The fraction of sp³-hybridized carbons (Fsp3) is 0.368. The number of benzene rings is 2. The number of methoxy groups -OCH3 is 1. The van der Waals surface area contributed by atoms with E-state index in [-0.39, 0.29) is 0 Å². The fourth-order valence-electron chi connectivity index (χ4n) is 2.87. The SMILES string of the molecule is CNC(Cc1cc(C)ccc1OC)c1ccc(C)cc1C. The van der Waals surface area contributed by atoms with E-state index >= 15 is 0 Å². The quantitative estimate of drug-likeness (QED) is 0.891. The summed E-state index contributed by atoms with van der Waals surface area (Å²) in [5.41, 5.74) is 6.50. The molecule has 0 fully saturated rings. The van der Waals surface area contributed by atoms with Crippen LogP contribution < -0.4 is 10.1 Å². The topological polar surface area (TPSA) is 21.3 Å². The largest absolute Gasteiger partial charge is 0.496 e. The smallest absolute Gasteiger partial charge is 0.122 e. The van der Waals surface area contributed by atoms with Crippen LogP contribution in [0, 0.1) is 20.8 Å². The van der Waals surface area contributed by atoms with Crippen molar-refractivity contribution in [3.63, 3.8) is 0 Å². The predicted octanol–water partition coefficient (Wildman–Crippen LogP) is 4.12. The zero-order valence-corrected chi connectivity index (χ0v) is 13.7. The lowest BCUT2D eigenvalue weighted by atomic mass is 9.93. The molecule has 112 valence electrons. The second-order valence-corrected chi connectivity index (χ2v) is 5.72. The Hall–Kier alpha value is -1.80. The van der Waals surface area contributed by atoms with Gasteiger partial charge < -0.3 is 10.1 Å². The molecule has 0 bridgehead atoms. The van der Waals surface area contributed by atoms with Crippen molar-refractivity contribution in [2.75, 3.05) is 14.2 Å². The van der Waals surface area contributed by atoms with Gasteiger partial charge in [-0.3, -0.25) is 0 Å². The Labute approximate surface area is 128 Å². The van der Waals surface area contributed by atoms with E-state index in [9.17, 15) is 0 Å². The number of hydrogen-bond acceptors (Lipinski definition) is 2. The highest BCUT2D eigenvalue weighted by Gasteiger charge is 2.15. The Kier molecular flexibility index (Phi) is 5.03. The number of hydrogen-bond donors (Lipinski definition) is 1. The molecule has 0 amide bonds. The molecular formula is C19H25NO. The average molecular weight is 283 g/mol. The maximum absolute atomic E-state index is 5.50. The van der Waals surface area contributed by atoms with Crippen LogP contribution in [-0.2, 0) is 6.42 Å². The molecule has 0 aliphatic heterocycles. The molecular weight excluding hydrogens is 258 g/mol. The maximum atomic E-state index is 5.50. The van der Waals surface area contributed by atoms with E-state index in [1.54, 1.807) is 7.11 Å². The minimum absolute atomic E-state index is 0.293. The number of nitrogens with one attached hydrogen (secondary N) is 1. The van der Waals surface area contributed by atoms with Gasteiger partial charge in [0.05, 0.1) is 7.11 Å². The highest BCUT2D eigenvalue weighted by molar-refractivity contribution is 5.40. The number of ether oxygens (including phenoxy) is 1. The van der Waals surface area contributed by atoms with Gasteiger partial charge in [0, 0.05) is 6.04 Å². The highest BCUT2D eigenvalue weighted by atomic mass is 16.5. The minimum Gasteiger partial charge on any atom is -0.496 e. The van der Waals surface area contributed by atoms with Gasteiger partial charge in [-0.15, -0.1) is 0 Å². The molecule has 1 N–H and O–H groups in total. The summed E-state index contributed by atoms with van der Waals surface area (Å²) in [7, 11) is 3.76. The average Bonchev–Trinajstić information content (AvgIpc) is 2.45. The summed E-state index contributed by atoms with van der Waals surface area (Å²) in [4.78, 5) is 0. The first-order valence-corrected chi connectivity index (χ1v) is 7.43. The van der Waals surface area contributed by atoms with Gasteiger partial charge in [0.25, 0.3) is 0 Å². The van der Waals surface area contributed by atoms with Crippen LogP contribution in [0.25, 0.3) is 0 Å². The maximum Gasteiger partial charge on any atom is 0.122 e. The van der Waals surface area contributed by atoms with Crippen LogP contribution >= 0.6 is 0 Å². The van der Waals surface area contributed by atoms with Gasteiger partial charge in [0.2, 0.25) is 0 Å². The van der Waals surface area contributed by atoms with Crippen LogP contribution in [-0.4, -0.2) is 14.2 Å². The molecule has 2 aromatic carbocycles. The summed E-state index contributed by atoms with van der Waals surface area (Å²) >= 11 is 0. The van der Waals surface area contributed by atoms with E-state index in [0.717, 1.165) is 12.2 Å². The van der Waals surface area contributed by atoms with Crippen molar-refractivity contribution < 1.29 is 4.74 Å². The molecule has 0 radical (unpaired) electrons. The van der Waals surface area contributed by atoms with Crippen molar-refractivity contribution in [3.05, 3.63) is 64.2 Å². The third-order valence-electron chi connectivity index (χ3n) is 4.01. The summed E-state index contributed by atoms with van der Waals surface area (Å²) < 4.78 is 5.50. The summed E-state index contributed by atoms with van der Waals surface area (Å²) in [6.07, 6.45) is 0.922. The van der Waals surface area contributed by atoms with Crippen LogP contribution in [0.3, 0.4) is 0 Å². The number of aryl methyl sites for hydroxylation is 3. The normalized spacial score (nSPS) is 12.2. The van der Waals surface area contributed by atoms with E-state index in [1.165, 1.54) is 27.8 Å². The molecule has 0 aliphatic rings. The van der Waals surface area contributed by atoms with Gasteiger partial charge in [-0.1, -0.05) is 41.5 Å². The molecule has 2 heteroatoms. The first kappa shape index (κ1) is 15.6. The number of rotatable bonds is 5. The molecule has 0 spiro atoms. The van der Waals surface area contributed by atoms with Gasteiger partial charge >= 0.3 is 0 Å². The molecule has 1 atom stereocenters. The highest BCUT2D eigenvalue weighted by Crippen LogP contribution is 2.27.